The van der Waals surface area contributed by atoms with Gasteiger partial charge in [0.15, 0.2) is 0 Å². The lowest BCUT2D eigenvalue weighted by atomic mass is 10.1. The van der Waals surface area contributed by atoms with Crippen LogP contribution in [0.15, 0.2) is 47.6 Å². The number of carbonyl (C=O) groups is 1. The predicted molar refractivity (Wildman–Crippen MR) is 85.6 cm³/mol. The highest BCUT2D eigenvalue weighted by Gasteiger charge is 2.08. The molecule has 0 aliphatic rings. The van der Waals surface area contributed by atoms with E-state index in [1.165, 1.54) is 6.21 Å². The van der Waals surface area contributed by atoms with Gasteiger partial charge in [0.2, 0.25) is 5.91 Å². The lowest BCUT2D eigenvalue weighted by molar-refractivity contribution is -0.120. The van der Waals surface area contributed by atoms with Crippen molar-refractivity contribution in [2.24, 2.45) is 5.10 Å². The maximum atomic E-state index is 11.9. The average molecular weight is 319 g/mol. The van der Waals surface area contributed by atoms with Crippen LogP contribution in [-0.4, -0.2) is 24.3 Å². The van der Waals surface area contributed by atoms with Gasteiger partial charge >= 0.3 is 0 Å². The number of phenols is 1. The molecule has 0 aliphatic heterocycles. The van der Waals surface area contributed by atoms with Gasteiger partial charge in [-0.3, -0.25) is 4.79 Å². The summed E-state index contributed by atoms with van der Waals surface area (Å²) in [6.45, 7) is 0. The molecule has 0 saturated carbocycles. The molecule has 2 aromatic rings. The maximum absolute atomic E-state index is 11.9. The number of methoxy groups -OCH3 is 1. The summed E-state index contributed by atoms with van der Waals surface area (Å²) in [4.78, 5) is 11.9. The molecule has 0 spiro atoms. The summed E-state index contributed by atoms with van der Waals surface area (Å²) in [5.41, 5.74) is 3.56. The summed E-state index contributed by atoms with van der Waals surface area (Å²) in [6, 6.07) is 11.8. The Kier molecular flexibility index (Phi) is 5.38. The van der Waals surface area contributed by atoms with Crippen LogP contribution in [0.4, 0.5) is 0 Å². The fourth-order valence-corrected chi connectivity index (χ4v) is 1.98. The lowest BCUT2D eigenvalue weighted by Crippen LogP contribution is -2.20. The number of carbonyl (C=O) groups excluding carboxylic acids is 1. The van der Waals surface area contributed by atoms with Crippen LogP contribution < -0.4 is 10.2 Å². The van der Waals surface area contributed by atoms with Gasteiger partial charge < -0.3 is 9.84 Å². The molecule has 0 bridgehead atoms. The second-order valence-electron chi connectivity index (χ2n) is 4.49. The van der Waals surface area contributed by atoms with E-state index in [9.17, 15) is 9.90 Å². The molecule has 0 radical (unpaired) electrons. The molecular weight excluding hydrogens is 304 g/mol. The quantitative estimate of drug-likeness (QED) is 0.658. The Hall–Kier alpha value is -2.53. The van der Waals surface area contributed by atoms with E-state index in [0.29, 0.717) is 21.9 Å². The second-order valence-corrected chi connectivity index (χ2v) is 4.89. The molecule has 0 atom stereocenters. The number of halogens is 1. The number of nitrogens with zero attached hydrogens (tertiary/aromatic N) is 1. The van der Waals surface area contributed by atoms with E-state index in [2.05, 4.69) is 10.5 Å². The van der Waals surface area contributed by atoms with Gasteiger partial charge in [-0.2, -0.15) is 5.10 Å². The van der Waals surface area contributed by atoms with Crippen molar-refractivity contribution in [2.45, 2.75) is 6.42 Å². The second kappa shape index (κ2) is 7.47. The summed E-state index contributed by atoms with van der Waals surface area (Å²) in [5, 5.41) is 13.9. The first kappa shape index (κ1) is 15.9. The highest BCUT2D eigenvalue weighted by atomic mass is 35.5. The third kappa shape index (κ3) is 4.23. The number of hydrogen-bond acceptors (Lipinski definition) is 4. The first-order valence-electron chi connectivity index (χ1n) is 6.52. The molecule has 1 amide bonds. The van der Waals surface area contributed by atoms with E-state index in [4.69, 9.17) is 16.3 Å². The lowest BCUT2D eigenvalue weighted by Gasteiger charge is -2.06. The molecule has 114 valence electrons. The van der Waals surface area contributed by atoms with E-state index >= 15 is 0 Å². The zero-order chi connectivity index (χ0) is 15.9. The predicted octanol–water partition coefficient (Wildman–Crippen LogP) is 2.75. The monoisotopic (exact) mass is 318 g/mol. The average Bonchev–Trinajstić information content (AvgIpc) is 2.51. The largest absolute Gasteiger partial charge is 0.507 e. The molecule has 0 unspecified atom stereocenters. The van der Waals surface area contributed by atoms with Gasteiger partial charge in [0.05, 0.1) is 19.7 Å². The molecule has 0 heterocycles. The zero-order valence-corrected chi connectivity index (χ0v) is 12.7. The number of rotatable bonds is 5. The minimum absolute atomic E-state index is 0.0775. The highest BCUT2D eigenvalue weighted by Crippen LogP contribution is 2.22. The number of hydrogen-bond donors (Lipinski definition) is 2. The molecule has 0 saturated heterocycles. The molecule has 2 N–H and O–H groups in total. The van der Waals surface area contributed by atoms with Crippen molar-refractivity contribution in [1.82, 2.24) is 5.43 Å². The number of ether oxygens (including phenoxy) is 1. The number of nitrogens with one attached hydrogen (secondary N) is 1. The fourth-order valence-electron chi connectivity index (χ4n) is 1.80. The van der Waals surface area contributed by atoms with Crippen molar-refractivity contribution < 1.29 is 14.6 Å². The van der Waals surface area contributed by atoms with Gasteiger partial charge in [0, 0.05) is 10.6 Å². The highest BCUT2D eigenvalue weighted by molar-refractivity contribution is 6.31. The van der Waals surface area contributed by atoms with Gasteiger partial charge in [0.25, 0.3) is 0 Å². The van der Waals surface area contributed by atoms with Crippen LogP contribution in [0.3, 0.4) is 0 Å². The van der Waals surface area contributed by atoms with Gasteiger partial charge in [0.1, 0.15) is 11.5 Å². The van der Waals surface area contributed by atoms with Crippen molar-refractivity contribution >= 4 is 23.7 Å². The van der Waals surface area contributed by atoms with Crippen LogP contribution in [0, 0.1) is 0 Å². The SMILES string of the molecule is COc1ccc(Cl)c(CC(=O)N/N=C/c2ccccc2O)c1. The van der Waals surface area contributed by atoms with Gasteiger partial charge in [-0.05, 0) is 35.9 Å². The third-order valence-electron chi connectivity index (χ3n) is 2.93. The Morgan fingerprint density at radius 2 is 2.14 bits per heavy atom. The van der Waals surface area contributed by atoms with E-state index in [1.807, 2.05) is 0 Å². The summed E-state index contributed by atoms with van der Waals surface area (Å²) in [5.74, 6) is 0.406. The Morgan fingerprint density at radius 1 is 1.36 bits per heavy atom. The smallest absolute Gasteiger partial charge is 0.244 e. The minimum atomic E-state index is -0.318. The zero-order valence-electron chi connectivity index (χ0n) is 11.9. The van der Waals surface area contributed by atoms with Gasteiger partial charge in [-0.1, -0.05) is 23.7 Å². The van der Waals surface area contributed by atoms with E-state index in [1.54, 1.807) is 49.6 Å². The first-order valence-corrected chi connectivity index (χ1v) is 6.90. The number of aromatic hydroxyl groups is 1. The standard InChI is InChI=1S/C16H15ClN2O3/c1-22-13-6-7-14(17)12(8-13)9-16(21)19-18-10-11-4-2-3-5-15(11)20/h2-8,10,20H,9H2,1H3,(H,19,21)/b18-10+. The van der Waals surface area contributed by atoms with Gasteiger partial charge in [-0.25, -0.2) is 5.43 Å². The number of phenolic OH excluding ortho intramolecular Hbond substituents is 1. The maximum Gasteiger partial charge on any atom is 0.244 e. The molecule has 5 nitrogen and oxygen atoms in total. The molecule has 2 rings (SSSR count). The van der Waals surface area contributed by atoms with Crippen molar-refractivity contribution in [3.63, 3.8) is 0 Å². The summed E-state index contributed by atoms with van der Waals surface area (Å²) >= 11 is 6.04. The molecule has 6 heteroatoms. The number of amides is 1. The normalized spacial score (nSPS) is 10.6. The van der Waals surface area contributed by atoms with E-state index < -0.39 is 0 Å². The first-order chi connectivity index (χ1) is 10.6. The molecule has 22 heavy (non-hydrogen) atoms. The van der Waals surface area contributed by atoms with Crippen LogP contribution in [-0.2, 0) is 11.2 Å². The van der Waals surface area contributed by atoms with Crippen molar-refractivity contribution in [3.05, 3.63) is 58.6 Å². The minimum Gasteiger partial charge on any atom is -0.507 e. The van der Waals surface area contributed by atoms with Crippen molar-refractivity contribution in [1.29, 1.82) is 0 Å². The summed E-state index contributed by atoms with van der Waals surface area (Å²) < 4.78 is 5.10. The molecule has 0 aliphatic carbocycles. The van der Waals surface area contributed by atoms with E-state index in [-0.39, 0.29) is 18.1 Å². The number of hydrazone groups is 1. The van der Waals surface area contributed by atoms with Crippen LogP contribution in [0.1, 0.15) is 11.1 Å². The van der Waals surface area contributed by atoms with E-state index in [0.717, 1.165) is 0 Å². The number of para-hydroxylation sites is 1. The van der Waals surface area contributed by atoms with Crippen molar-refractivity contribution in [3.8, 4) is 11.5 Å². The van der Waals surface area contributed by atoms with Crippen LogP contribution >= 0.6 is 11.6 Å². The Bertz CT molecular complexity index is 702. The molecular formula is C16H15ClN2O3. The number of benzene rings is 2. The topological polar surface area (TPSA) is 70.9 Å². The van der Waals surface area contributed by atoms with Crippen LogP contribution in [0.2, 0.25) is 5.02 Å². The molecule has 0 fully saturated rings. The van der Waals surface area contributed by atoms with Crippen molar-refractivity contribution in [2.75, 3.05) is 7.11 Å². The fraction of sp³-hybridized carbons (Fsp3) is 0.125. The Labute approximate surface area is 133 Å². The van der Waals surface area contributed by atoms with Crippen LogP contribution in [0.25, 0.3) is 0 Å². The Morgan fingerprint density at radius 3 is 2.86 bits per heavy atom. The third-order valence-corrected chi connectivity index (χ3v) is 3.30. The van der Waals surface area contributed by atoms with Crippen LogP contribution in [0.5, 0.6) is 11.5 Å². The molecule has 0 aromatic heterocycles. The van der Waals surface area contributed by atoms with Gasteiger partial charge in [-0.15, -0.1) is 0 Å². The molecule has 2 aromatic carbocycles. The summed E-state index contributed by atoms with van der Waals surface area (Å²) in [6.07, 6.45) is 1.45. The Balaban J connectivity index is 1.98. The summed E-state index contributed by atoms with van der Waals surface area (Å²) in [7, 11) is 1.55.